The van der Waals surface area contributed by atoms with Crippen molar-refractivity contribution in [3.63, 3.8) is 0 Å². The van der Waals surface area contributed by atoms with Crippen LogP contribution in [0.5, 0.6) is 5.75 Å². The summed E-state index contributed by atoms with van der Waals surface area (Å²) in [6.07, 6.45) is 1.99. The molecule has 0 radical (unpaired) electrons. The molecule has 0 unspecified atom stereocenters. The summed E-state index contributed by atoms with van der Waals surface area (Å²) in [6.45, 7) is 6.41. The van der Waals surface area contributed by atoms with Gasteiger partial charge in [-0.3, -0.25) is 4.79 Å². The Morgan fingerprint density at radius 3 is 2.62 bits per heavy atom. The van der Waals surface area contributed by atoms with E-state index in [1.54, 1.807) is 30.3 Å². The van der Waals surface area contributed by atoms with Crippen molar-refractivity contribution < 1.29 is 14.6 Å². The van der Waals surface area contributed by atoms with Crippen LogP contribution in [0.15, 0.2) is 48.0 Å². The third kappa shape index (κ3) is 5.18. The number of aliphatic hydroxyl groups is 1. The summed E-state index contributed by atoms with van der Waals surface area (Å²) in [5.74, 6) is -0.255. The predicted molar refractivity (Wildman–Crippen MR) is 132 cm³/mol. The van der Waals surface area contributed by atoms with Gasteiger partial charge in [-0.15, -0.1) is 11.3 Å². The molecule has 0 aliphatic heterocycles. The van der Waals surface area contributed by atoms with Crippen molar-refractivity contribution in [3.05, 3.63) is 57.6 Å². The number of ether oxygens (including phenoxy) is 1. The molecular formula is C24H25N3O3S2. The molecule has 0 saturated heterocycles. The number of thiazole rings is 1. The minimum atomic E-state index is -0.568. The van der Waals surface area contributed by atoms with Crippen molar-refractivity contribution >= 4 is 51.1 Å². The van der Waals surface area contributed by atoms with Gasteiger partial charge in [-0.05, 0) is 75.0 Å². The Hall–Kier alpha value is -3.15. The van der Waals surface area contributed by atoms with Crippen LogP contribution in [0, 0.1) is 15.3 Å². The second-order valence-corrected chi connectivity index (χ2v) is 9.24. The average Bonchev–Trinajstić information content (AvgIpc) is 3.14. The second kappa shape index (κ2) is 10.4. The number of anilines is 1. The molecule has 6 nitrogen and oxygen atoms in total. The van der Waals surface area contributed by atoms with Gasteiger partial charge in [0.25, 0.3) is 5.91 Å². The highest BCUT2D eigenvalue weighted by atomic mass is 32.1. The number of hydrogen-bond acceptors (Lipinski definition) is 6. The van der Waals surface area contributed by atoms with Gasteiger partial charge in [-0.25, -0.2) is 0 Å². The Morgan fingerprint density at radius 2 is 2.00 bits per heavy atom. The van der Waals surface area contributed by atoms with E-state index in [0.717, 1.165) is 23.1 Å². The normalized spacial score (nSPS) is 11.8. The predicted octanol–water partition coefficient (Wildman–Crippen LogP) is 6.37. The monoisotopic (exact) mass is 467 g/mol. The molecular weight excluding hydrogens is 442 g/mol. The third-order valence-corrected chi connectivity index (χ3v) is 6.07. The molecule has 2 N–H and O–H groups in total. The number of benzene rings is 2. The maximum Gasteiger partial charge on any atom is 0.273 e. The Bertz CT molecular complexity index is 1230. The number of unbranched alkanes of at least 4 members (excludes halogenated alkanes) is 1. The lowest BCUT2D eigenvalue weighted by Gasteiger charge is -2.27. The van der Waals surface area contributed by atoms with Crippen LogP contribution in [0.2, 0.25) is 0 Å². The van der Waals surface area contributed by atoms with Crippen LogP contribution in [-0.2, 0) is 4.79 Å². The molecule has 0 spiro atoms. The third-order valence-electron chi connectivity index (χ3n) is 4.87. The summed E-state index contributed by atoms with van der Waals surface area (Å²) < 4.78 is 7.20. The van der Waals surface area contributed by atoms with Crippen molar-refractivity contribution in [1.82, 2.24) is 4.98 Å². The van der Waals surface area contributed by atoms with E-state index in [1.165, 1.54) is 16.2 Å². The number of nitriles is 1. The first kappa shape index (κ1) is 23.5. The van der Waals surface area contributed by atoms with Gasteiger partial charge >= 0.3 is 0 Å². The molecule has 0 bridgehead atoms. The SMILES string of the molecule is CCCCOc1ccc(/C(O)=C(\C#N)C(=O)N(c2ccc3[nH]c(=S)sc3c2)C(C)C)cc1. The maximum absolute atomic E-state index is 13.3. The van der Waals surface area contributed by atoms with E-state index >= 15 is 0 Å². The molecule has 1 heterocycles. The summed E-state index contributed by atoms with van der Waals surface area (Å²) in [5, 5.41) is 20.5. The highest BCUT2D eigenvalue weighted by Gasteiger charge is 2.26. The standard InChI is InChI=1S/C24H25N3O3S2/c1-4-5-12-30-18-9-6-16(7-10-18)22(28)19(14-25)23(29)27(15(2)3)17-8-11-20-21(13-17)32-24(31)26-20/h6-11,13,15,28H,4-5,12H2,1-3H3,(H,26,31)/b22-19-. The van der Waals surface area contributed by atoms with Crippen LogP contribution in [0.4, 0.5) is 5.69 Å². The van der Waals surface area contributed by atoms with Crippen LogP contribution in [0.1, 0.15) is 39.2 Å². The molecule has 1 amide bonds. The smallest absolute Gasteiger partial charge is 0.273 e. The quantitative estimate of drug-likeness (QED) is 0.132. The Labute approximate surface area is 196 Å². The van der Waals surface area contributed by atoms with Crippen LogP contribution in [0.25, 0.3) is 16.0 Å². The number of carbonyl (C=O) groups is 1. The van der Waals surface area contributed by atoms with E-state index < -0.39 is 5.91 Å². The first-order valence-electron chi connectivity index (χ1n) is 10.4. The van der Waals surface area contributed by atoms with Gasteiger partial charge in [0.1, 0.15) is 17.6 Å². The van der Waals surface area contributed by atoms with Gasteiger partial charge in [0.15, 0.2) is 9.53 Å². The average molecular weight is 468 g/mol. The van der Waals surface area contributed by atoms with Crippen molar-refractivity contribution in [1.29, 1.82) is 5.26 Å². The summed E-state index contributed by atoms with van der Waals surface area (Å²) in [5.41, 5.74) is 1.57. The number of aliphatic hydroxyl groups excluding tert-OH is 1. The van der Waals surface area contributed by atoms with Crippen LogP contribution in [0.3, 0.4) is 0 Å². The second-order valence-electron chi connectivity index (χ2n) is 7.53. The largest absolute Gasteiger partial charge is 0.506 e. The lowest BCUT2D eigenvalue weighted by atomic mass is 10.1. The van der Waals surface area contributed by atoms with Gasteiger partial charge in [-0.2, -0.15) is 5.26 Å². The number of amides is 1. The Balaban J connectivity index is 1.93. The summed E-state index contributed by atoms with van der Waals surface area (Å²) >= 11 is 6.62. The molecule has 3 aromatic rings. The van der Waals surface area contributed by atoms with Gasteiger partial charge in [0.05, 0.1) is 16.8 Å². The van der Waals surface area contributed by atoms with Gasteiger partial charge in [0.2, 0.25) is 0 Å². The fraction of sp³-hybridized carbons (Fsp3) is 0.292. The molecule has 0 aliphatic carbocycles. The number of aromatic nitrogens is 1. The molecule has 0 saturated carbocycles. The topological polar surface area (TPSA) is 89.3 Å². The van der Waals surface area contributed by atoms with Crippen molar-refractivity contribution in [2.75, 3.05) is 11.5 Å². The molecule has 1 aromatic heterocycles. The number of carbonyl (C=O) groups excluding carboxylic acids is 1. The fourth-order valence-electron chi connectivity index (χ4n) is 3.24. The van der Waals surface area contributed by atoms with E-state index in [-0.39, 0.29) is 17.4 Å². The number of nitrogens with zero attached hydrogens (tertiary/aromatic N) is 2. The number of rotatable bonds is 8. The molecule has 2 aromatic carbocycles. The Morgan fingerprint density at radius 1 is 1.28 bits per heavy atom. The van der Waals surface area contributed by atoms with Crippen molar-refractivity contribution in [2.45, 2.75) is 39.7 Å². The maximum atomic E-state index is 13.3. The zero-order valence-corrected chi connectivity index (χ0v) is 19.8. The number of nitrogens with one attached hydrogen (secondary N) is 1. The van der Waals surface area contributed by atoms with Crippen LogP contribution >= 0.6 is 23.6 Å². The number of H-pyrrole nitrogens is 1. The van der Waals surface area contributed by atoms with E-state index in [9.17, 15) is 15.2 Å². The molecule has 166 valence electrons. The number of aromatic amines is 1. The molecule has 32 heavy (non-hydrogen) atoms. The Kier molecular flexibility index (Phi) is 7.67. The lowest BCUT2D eigenvalue weighted by Crippen LogP contribution is -2.38. The van der Waals surface area contributed by atoms with Crippen LogP contribution < -0.4 is 9.64 Å². The molecule has 8 heteroatoms. The summed E-state index contributed by atoms with van der Waals surface area (Å²) in [6, 6.07) is 13.9. The first-order valence-corrected chi connectivity index (χ1v) is 11.6. The van der Waals surface area contributed by atoms with E-state index in [4.69, 9.17) is 17.0 Å². The summed E-state index contributed by atoms with van der Waals surface area (Å²) in [4.78, 5) is 17.9. The number of fused-ring (bicyclic) bond motifs is 1. The van der Waals surface area contributed by atoms with E-state index in [1.807, 2.05) is 32.0 Å². The highest BCUT2D eigenvalue weighted by Crippen LogP contribution is 2.29. The molecule has 0 fully saturated rings. The van der Waals surface area contributed by atoms with E-state index in [2.05, 4.69) is 11.9 Å². The van der Waals surface area contributed by atoms with Crippen molar-refractivity contribution in [3.8, 4) is 11.8 Å². The highest BCUT2D eigenvalue weighted by molar-refractivity contribution is 7.73. The fourth-order valence-corrected chi connectivity index (χ4v) is 4.39. The van der Waals surface area contributed by atoms with Crippen molar-refractivity contribution in [2.24, 2.45) is 0 Å². The minimum absolute atomic E-state index is 0.239. The van der Waals surface area contributed by atoms with Gasteiger partial charge in [0, 0.05) is 17.3 Å². The van der Waals surface area contributed by atoms with Gasteiger partial charge in [-0.1, -0.05) is 13.3 Å². The summed E-state index contributed by atoms with van der Waals surface area (Å²) in [7, 11) is 0. The van der Waals surface area contributed by atoms with Crippen LogP contribution in [-0.4, -0.2) is 28.6 Å². The zero-order valence-electron chi connectivity index (χ0n) is 18.2. The number of hydrogen-bond donors (Lipinski definition) is 2. The lowest BCUT2D eigenvalue weighted by molar-refractivity contribution is -0.115. The molecule has 0 atom stereocenters. The van der Waals surface area contributed by atoms with Gasteiger partial charge < -0.3 is 19.7 Å². The first-order chi connectivity index (χ1) is 15.3. The minimum Gasteiger partial charge on any atom is -0.506 e. The van der Waals surface area contributed by atoms with E-state index in [0.29, 0.717) is 27.6 Å². The zero-order chi connectivity index (χ0) is 23.3. The molecule has 0 aliphatic rings. The molecule has 3 rings (SSSR count).